The average Bonchev–Trinajstić information content (AvgIpc) is 3.10. The van der Waals surface area contributed by atoms with Gasteiger partial charge in [0.15, 0.2) is 0 Å². The maximum Gasteiger partial charge on any atom is 0.134 e. The minimum absolute atomic E-state index is 0. The van der Waals surface area contributed by atoms with Crippen LogP contribution in [0.25, 0.3) is 11.3 Å². The van der Waals surface area contributed by atoms with Gasteiger partial charge in [0.05, 0.1) is 12.6 Å². The second-order valence-corrected chi connectivity index (χ2v) is 5.25. The zero-order valence-corrected chi connectivity index (χ0v) is 12.6. The lowest BCUT2D eigenvalue weighted by molar-refractivity contribution is 0.146. The fraction of sp³-hybridized carbons (Fsp3) is 0.375. The Hall–Kier alpha value is -1.33. The number of aliphatic hydroxyl groups excluding tert-OH is 1. The van der Waals surface area contributed by atoms with Crippen molar-refractivity contribution in [3.05, 3.63) is 48.2 Å². The van der Waals surface area contributed by atoms with Gasteiger partial charge in [-0.05, 0) is 12.1 Å². The largest absolute Gasteiger partial charge is 0.460 e. The highest BCUT2D eigenvalue weighted by Gasteiger charge is 2.24. The summed E-state index contributed by atoms with van der Waals surface area (Å²) in [5.41, 5.74) is 1.09. The van der Waals surface area contributed by atoms with Crippen LogP contribution in [-0.4, -0.2) is 30.8 Å². The quantitative estimate of drug-likeness (QED) is 0.791. The molecule has 0 bridgehead atoms. The van der Waals surface area contributed by atoms with Crippen LogP contribution in [0, 0.1) is 5.92 Å². The van der Waals surface area contributed by atoms with Gasteiger partial charge in [0.2, 0.25) is 0 Å². The minimum Gasteiger partial charge on any atom is -0.460 e. The predicted molar refractivity (Wildman–Crippen MR) is 85.5 cm³/mol. The van der Waals surface area contributed by atoms with E-state index in [-0.39, 0.29) is 18.5 Å². The van der Waals surface area contributed by atoms with E-state index in [1.165, 1.54) is 0 Å². The molecular weight excluding hydrogens is 288 g/mol. The number of halogens is 1. The Morgan fingerprint density at radius 1 is 1.14 bits per heavy atom. The molecule has 3 rings (SSSR count). The average molecular weight is 309 g/mol. The van der Waals surface area contributed by atoms with Gasteiger partial charge in [-0.1, -0.05) is 30.3 Å². The molecule has 1 aliphatic rings. The molecule has 21 heavy (non-hydrogen) atoms. The van der Waals surface area contributed by atoms with Crippen LogP contribution in [0.4, 0.5) is 0 Å². The van der Waals surface area contributed by atoms with Crippen LogP contribution in [-0.2, 0) is 6.54 Å². The molecule has 0 radical (unpaired) electrons. The van der Waals surface area contributed by atoms with Crippen LogP contribution in [0.1, 0.15) is 5.76 Å². The van der Waals surface area contributed by atoms with Crippen molar-refractivity contribution >= 4 is 12.4 Å². The highest BCUT2D eigenvalue weighted by atomic mass is 35.5. The third kappa shape index (κ3) is 4.08. The molecule has 1 aromatic carbocycles. The highest BCUT2D eigenvalue weighted by molar-refractivity contribution is 5.85. The second kappa shape index (κ2) is 7.61. The summed E-state index contributed by atoms with van der Waals surface area (Å²) in [6.07, 6.45) is -0.237. The van der Waals surface area contributed by atoms with Crippen LogP contribution in [0.5, 0.6) is 0 Å². The molecule has 2 unspecified atom stereocenters. The number of nitrogens with one attached hydrogen (secondary N) is 2. The molecule has 4 nitrogen and oxygen atoms in total. The summed E-state index contributed by atoms with van der Waals surface area (Å²) < 4.78 is 5.82. The first-order valence-corrected chi connectivity index (χ1v) is 7.06. The van der Waals surface area contributed by atoms with Gasteiger partial charge >= 0.3 is 0 Å². The van der Waals surface area contributed by atoms with Crippen molar-refractivity contribution in [3.8, 4) is 11.3 Å². The Kier molecular flexibility index (Phi) is 5.82. The topological polar surface area (TPSA) is 57.4 Å². The molecule has 0 aliphatic carbocycles. The van der Waals surface area contributed by atoms with Crippen LogP contribution in [0.15, 0.2) is 46.9 Å². The van der Waals surface area contributed by atoms with Crippen LogP contribution in [0.3, 0.4) is 0 Å². The summed E-state index contributed by atoms with van der Waals surface area (Å²) in [5.74, 6) is 2.10. The number of furan rings is 1. The third-order valence-corrected chi connectivity index (χ3v) is 3.73. The maximum atomic E-state index is 9.71. The molecule has 0 amide bonds. The van der Waals surface area contributed by atoms with E-state index < -0.39 is 0 Å². The highest BCUT2D eigenvalue weighted by Crippen LogP contribution is 2.21. The standard InChI is InChI=1S/C16H20N2O2.ClH/c19-15-11-18-9-13(15)8-17-10-14-6-7-16(20-14)12-4-2-1-3-5-12;/h1-7,13,15,17-19H,8-11H2;1H. The molecule has 1 aliphatic heterocycles. The molecule has 114 valence electrons. The Balaban J connectivity index is 0.00000161. The summed E-state index contributed by atoms with van der Waals surface area (Å²) >= 11 is 0. The molecule has 1 aromatic heterocycles. The SMILES string of the molecule is Cl.OC1CNCC1CNCc1ccc(-c2ccccc2)o1. The first kappa shape index (κ1) is 16.0. The summed E-state index contributed by atoms with van der Waals surface area (Å²) in [6.45, 7) is 3.07. The van der Waals surface area contributed by atoms with Crippen molar-refractivity contribution in [2.45, 2.75) is 12.6 Å². The van der Waals surface area contributed by atoms with Crippen LogP contribution < -0.4 is 10.6 Å². The van der Waals surface area contributed by atoms with Gasteiger partial charge in [0.1, 0.15) is 11.5 Å². The molecule has 0 spiro atoms. The van der Waals surface area contributed by atoms with Crippen molar-refractivity contribution in [3.63, 3.8) is 0 Å². The number of aliphatic hydroxyl groups is 1. The van der Waals surface area contributed by atoms with Gasteiger partial charge in [-0.3, -0.25) is 0 Å². The monoisotopic (exact) mass is 308 g/mol. The number of β-amino-alcohol motifs (C(OH)–C–C–N with tert-alkyl or cyclic N) is 1. The van der Waals surface area contributed by atoms with Crippen molar-refractivity contribution in [1.82, 2.24) is 10.6 Å². The van der Waals surface area contributed by atoms with Crippen LogP contribution >= 0.6 is 12.4 Å². The van der Waals surface area contributed by atoms with E-state index in [9.17, 15) is 5.11 Å². The predicted octanol–water partition coefficient (Wildman–Crippen LogP) is 2.04. The van der Waals surface area contributed by atoms with Gasteiger partial charge in [-0.15, -0.1) is 12.4 Å². The molecule has 5 heteroatoms. The van der Waals surface area contributed by atoms with Crippen LogP contribution in [0.2, 0.25) is 0 Å². The second-order valence-electron chi connectivity index (χ2n) is 5.25. The molecule has 0 saturated carbocycles. The molecular formula is C16H21ClN2O2. The minimum atomic E-state index is -0.237. The molecule has 2 heterocycles. The third-order valence-electron chi connectivity index (χ3n) is 3.73. The van der Waals surface area contributed by atoms with E-state index in [0.717, 1.165) is 30.2 Å². The molecule has 1 fully saturated rings. The van der Waals surface area contributed by atoms with Gasteiger partial charge in [0, 0.05) is 31.1 Å². The smallest absolute Gasteiger partial charge is 0.134 e. The Bertz CT molecular complexity index is 544. The summed E-state index contributed by atoms with van der Waals surface area (Å²) in [6, 6.07) is 14.1. The van der Waals surface area contributed by atoms with Crippen molar-refractivity contribution in [2.24, 2.45) is 5.92 Å². The zero-order chi connectivity index (χ0) is 13.8. The summed E-state index contributed by atoms with van der Waals surface area (Å²) in [4.78, 5) is 0. The normalized spacial score (nSPS) is 21.2. The lowest BCUT2D eigenvalue weighted by Gasteiger charge is -2.13. The Morgan fingerprint density at radius 2 is 1.95 bits per heavy atom. The Morgan fingerprint density at radius 3 is 2.67 bits per heavy atom. The van der Waals surface area contributed by atoms with E-state index in [4.69, 9.17) is 4.42 Å². The van der Waals surface area contributed by atoms with E-state index in [0.29, 0.717) is 19.0 Å². The number of rotatable bonds is 5. The first-order valence-electron chi connectivity index (χ1n) is 7.06. The number of hydrogen-bond acceptors (Lipinski definition) is 4. The molecule has 2 aromatic rings. The fourth-order valence-corrected chi connectivity index (χ4v) is 2.54. The van der Waals surface area contributed by atoms with Crippen molar-refractivity contribution in [2.75, 3.05) is 19.6 Å². The van der Waals surface area contributed by atoms with Gasteiger partial charge in [-0.2, -0.15) is 0 Å². The number of benzene rings is 1. The summed E-state index contributed by atoms with van der Waals surface area (Å²) in [5, 5.41) is 16.2. The van der Waals surface area contributed by atoms with E-state index in [1.807, 2.05) is 42.5 Å². The molecule has 1 saturated heterocycles. The van der Waals surface area contributed by atoms with Crippen molar-refractivity contribution < 1.29 is 9.52 Å². The molecule has 3 N–H and O–H groups in total. The van der Waals surface area contributed by atoms with Gasteiger partial charge in [0.25, 0.3) is 0 Å². The first-order chi connectivity index (χ1) is 9.83. The van der Waals surface area contributed by atoms with Gasteiger partial charge < -0.3 is 20.2 Å². The summed E-state index contributed by atoms with van der Waals surface area (Å²) in [7, 11) is 0. The van der Waals surface area contributed by atoms with Crippen molar-refractivity contribution in [1.29, 1.82) is 0 Å². The van der Waals surface area contributed by atoms with E-state index >= 15 is 0 Å². The van der Waals surface area contributed by atoms with Gasteiger partial charge in [-0.25, -0.2) is 0 Å². The number of hydrogen-bond donors (Lipinski definition) is 3. The van der Waals surface area contributed by atoms with E-state index in [1.54, 1.807) is 0 Å². The lowest BCUT2D eigenvalue weighted by atomic mass is 10.1. The molecule has 2 atom stereocenters. The lowest BCUT2D eigenvalue weighted by Crippen LogP contribution is -2.30. The van der Waals surface area contributed by atoms with E-state index in [2.05, 4.69) is 10.6 Å². The fourth-order valence-electron chi connectivity index (χ4n) is 2.54. The Labute approximate surface area is 131 Å². The maximum absolute atomic E-state index is 9.71. The zero-order valence-electron chi connectivity index (χ0n) is 11.8.